The maximum atomic E-state index is 4.48. The fraction of sp³-hybridized carbons (Fsp3) is 0.400. The van der Waals surface area contributed by atoms with Crippen LogP contribution in [-0.4, -0.2) is 34.9 Å². The molecule has 2 rings (SSSR count). The van der Waals surface area contributed by atoms with Gasteiger partial charge in [-0.05, 0) is 25.5 Å². The van der Waals surface area contributed by atoms with E-state index in [1.54, 1.807) is 18.4 Å². The van der Waals surface area contributed by atoms with E-state index in [2.05, 4.69) is 43.5 Å². The van der Waals surface area contributed by atoms with Gasteiger partial charge in [0.25, 0.3) is 0 Å². The molecular formula is C15H21N5S. The Morgan fingerprint density at radius 3 is 2.86 bits per heavy atom. The Morgan fingerprint density at radius 1 is 1.43 bits per heavy atom. The molecule has 0 bridgehead atoms. The minimum absolute atomic E-state index is 0.666. The smallest absolute Gasteiger partial charge is 0.194 e. The third-order valence-corrected chi connectivity index (χ3v) is 3.99. The summed E-state index contributed by atoms with van der Waals surface area (Å²) in [6.45, 7) is 5.49. The lowest BCUT2D eigenvalue weighted by molar-refractivity contribution is 0.470. The van der Waals surface area contributed by atoms with Crippen molar-refractivity contribution in [2.45, 2.75) is 26.9 Å². The van der Waals surface area contributed by atoms with E-state index in [0.29, 0.717) is 6.54 Å². The van der Waals surface area contributed by atoms with Gasteiger partial charge in [-0.15, -0.1) is 11.3 Å². The number of pyridine rings is 1. The van der Waals surface area contributed by atoms with Crippen LogP contribution < -0.4 is 5.32 Å². The van der Waals surface area contributed by atoms with Crippen molar-refractivity contribution in [3.8, 4) is 0 Å². The first-order valence-electron chi connectivity index (χ1n) is 6.83. The summed E-state index contributed by atoms with van der Waals surface area (Å²) in [5, 5.41) is 6.52. The molecule has 0 aliphatic carbocycles. The van der Waals surface area contributed by atoms with Gasteiger partial charge in [0.1, 0.15) is 0 Å². The summed E-state index contributed by atoms with van der Waals surface area (Å²) in [5.41, 5.74) is 3.28. The molecule has 0 saturated carbocycles. The standard InChI is InChI=1S/C15H21N5S/c1-11-6-5-7-17-14(11)8-18-15(16-3)20(4)9-13-10-21-12(2)19-13/h5-7,10H,8-9H2,1-4H3,(H,16,18). The maximum absolute atomic E-state index is 4.48. The highest BCUT2D eigenvalue weighted by Crippen LogP contribution is 2.10. The number of nitrogens with zero attached hydrogens (tertiary/aromatic N) is 4. The van der Waals surface area contributed by atoms with E-state index in [9.17, 15) is 0 Å². The van der Waals surface area contributed by atoms with E-state index in [0.717, 1.165) is 28.9 Å². The molecule has 6 heteroatoms. The zero-order chi connectivity index (χ0) is 15.2. The van der Waals surface area contributed by atoms with E-state index in [-0.39, 0.29) is 0 Å². The number of aryl methyl sites for hydroxylation is 2. The van der Waals surface area contributed by atoms with Crippen molar-refractivity contribution in [1.29, 1.82) is 0 Å². The van der Waals surface area contributed by atoms with Crippen LogP contribution >= 0.6 is 11.3 Å². The number of guanidine groups is 1. The average Bonchev–Trinajstić information content (AvgIpc) is 2.86. The van der Waals surface area contributed by atoms with Gasteiger partial charge in [-0.1, -0.05) is 6.07 Å². The van der Waals surface area contributed by atoms with E-state index in [1.165, 1.54) is 5.56 Å². The lowest BCUT2D eigenvalue weighted by Gasteiger charge is -2.21. The molecule has 0 aliphatic heterocycles. The molecule has 0 atom stereocenters. The highest BCUT2D eigenvalue weighted by atomic mass is 32.1. The van der Waals surface area contributed by atoms with Gasteiger partial charge < -0.3 is 10.2 Å². The van der Waals surface area contributed by atoms with E-state index in [4.69, 9.17) is 0 Å². The first-order chi connectivity index (χ1) is 10.1. The van der Waals surface area contributed by atoms with Crippen LogP contribution in [0.5, 0.6) is 0 Å². The van der Waals surface area contributed by atoms with Gasteiger partial charge in [0.2, 0.25) is 0 Å². The van der Waals surface area contributed by atoms with E-state index < -0.39 is 0 Å². The lowest BCUT2D eigenvalue weighted by Crippen LogP contribution is -2.38. The summed E-state index contributed by atoms with van der Waals surface area (Å²) in [4.78, 5) is 15.2. The number of hydrogen-bond donors (Lipinski definition) is 1. The Morgan fingerprint density at radius 2 is 2.24 bits per heavy atom. The zero-order valence-corrected chi connectivity index (χ0v) is 13.7. The predicted molar refractivity (Wildman–Crippen MR) is 87.5 cm³/mol. The van der Waals surface area contributed by atoms with Gasteiger partial charge in [-0.3, -0.25) is 9.98 Å². The van der Waals surface area contributed by atoms with Crippen LogP contribution in [0.25, 0.3) is 0 Å². The predicted octanol–water partition coefficient (Wildman–Crippen LogP) is 2.36. The number of aromatic nitrogens is 2. The van der Waals surface area contributed by atoms with Crippen molar-refractivity contribution < 1.29 is 0 Å². The summed E-state index contributed by atoms with van der Waals surface area (Å²) in [6.07, 6.45) is 1.81. The molecule has 0 aromatic carbocycles. The second kappa shape index (κ2) is 7.17. The number of rotatable bonds is 4. The van der Waals surface area contributed by atoms with Crippen molar-refractivity contribution in [1.82, 2.24) is 20.2 Å². The number of nitrogens with one attached hydrogen (secondary N) is 1. The average molecular weight is 303 g/mol. The van der Waals surface area contributed by atoms with Gasteiger partial charge in [-0.2, -0.15) is 0 Å². The topological polar surface area (TPSA) is 53.4 Å². The number of hydrogen-bond acceptors (Lipinski definition) is 4. The van der Waals surface area contributed by atoms with Crippen LogP contribution in [0.2, 0.25) is 0 Å². The molecule has 5 nitrogen and oxygen atoms in total. The quantitative estimate of drug-likeness (QED) is 0.696. The highest BCUT2D eigenvalue weighted by Gasteiger charge is 2.09. The Bertz CT molecular complexity index is 620. The second-order valence-electron chi connectivity index (χ2n) is 4.88. The molecule has 112 valence electrons. The van der Waals surface area contributed by atoms with Crippen LogP contribution in [0.3, 0.4) is 0 Å². The molecule has 0 fully saturated rings. The number of aliphatic imine (C=N–C) groups is 1. The van der Waals surface area contributed by atoms with Crippen molar-refractivity contribution in [2.75, 3.05) is 14.1 Å². The Balaban J connectivity index is 1.95. The third kappa shape index (κ3) is 4.26. The first-order valence-corrected chi connectivity index (χ1v) is 7.71. The number of thiazole rings is 1. The maximum Gasteiger partial charge on any atom is 0.194 e. The molecule has 2 aromatic rings. The fourth-order valence-corrected chi connectivity index (χ4v) is 2.65. The molecule has 0 saturated heterocycles. The molecule has 0 spiro atoms. The zero-order valence-electron chi connectivity index (χ0n) is 12.9. The molecule has 0 radical (unpaired) electrons. The van der Waals surface area contributed by atoms with Crippen molar-refractivity contribution >= 4 is 17.3 Å². The summed E-state index contributed by atoms with van der Waals surface area (Å²) < 4.78 is 0. The molecule has 21 heavy (non-hydrogen) atoms. The third-order valence-electron chi connectivity index (χ3n) is 3.17. The van der Waals surface area contributed by atoms with Crippen LogP contribution in [-0.2, 0) is 13.1 Å². The van der Waals surface area contributed by atoms with Gasteiger partial charge in [0.05, 0.1) is 29.5 Å². The Kier molecular flexibility index (Phi) is 5.27. The lowest BCUT2D eigenvalue weighted by atomic mass is 10.2. The van der Waals surface area contributed by atoms with Gasteiger partial charge in [0, 0.05) is 25.7 Å². The summed E-state index contributed by atoms with van der Waals surface area (Å²) >= 11 is 1.67. The van der Waals surface area contributed by atoms with Gasteiger partial charge in [-0.25, -0.2) is 4.98 Å². The molecular weight excluding hydrogens is 282 g/mol. The van der Waals surface area contributed by atoms with Crippen molar-refractivity contribution in [3.05, 3.63) is 45.7 Å². The highest BCUT2D eigenvalue weighted by molar-refractivity contribution is 7.09. The van der Waals surface area contributed by atoms with E-state index in [1.807, 2.05) is 26.2 Å². The first kappa shape index (κ1) is 15.4. The molecule has 1 N–H and O–H groups in total. The SMILES string of the molecule is CN=C(NCc1ncccc1C)N(C)Cc1csc(C)n1. The fourth-order valence-electron chi connectivity index (χ4n) is 2.05. The van der Waals surface area contributed by atoms with Gasteiger partial charge in [0.15, 0.2) is 5.96 Å². The summed E-state index contributed by atoms with van der Waals surface area (Å²) in [5.74, 6) is 0.839. The van der Waals surface area contributed by atoms with E-state index >= 15 is 0 Å². The Hall–Kier alpha value is -1.95. The molecule has 2 aromatic heterocycles. The molecule has 0 amide bonds. The van der Waals surface area contributed by atoms with Gasteiger partial charge >= 0.3 is 0 Å². The summed E-state index contributed by atoms with van der Waals surface area (Å²) in [6, 6.07) is 4.01. The molecule has 0 unspecified atom stereocenters. The monoisotopic (exact) mass is 303 g/mol. The van der Waals surface area contributed by atoms with Crippen LogP contribution in [0.1, 0.15) is 22.0 Å². The molecule has 2 heterocycles. The summed E-state index contributed by atoms with van der Waals surface area (Å²) in [7, 11) is 3.80. The normalized spacial score (nSPS) is 11.5. The minimum Gasteiger partial charge on any atom is -0.351 e. The molecule has 0 aliphatic rings. The van der Waals surface area contributed by atoms with Crippen LogP contribution in [0.15, 0.2) is 28.7 Å². The van der Waals surface area contributed by atoms with Crippen molar-refractivity contribution in [3.63, 3.8) is 0 Å². The largest absolute Gasteiger partial charge is 0.351 e. The second-order valence-corrected chi connectivity index (χ2v) is 5.94. The van der Waals surface area contributed by atoms with Crippen LogP contribution in [0.4, 0.5) is 0 Å². The van der Waals surface area contributed by atoms with Crippen molar-refractivity contribution in [2.24, 2.45) is 4.99 Å². The Labute approximate surface area is 129 Å². The minimum atomic E-state index is 0.666. The van der Waals surface area contributed by atoms with Crippen LogP contribution in [0, 0.1) is 13.8 Å².